The Morgan fingerprint density at radius 1 is 1.12 bits per heavy atom. The van der Waals surface area contributed by atoms with Gasteiger partial charge in [-0.15, -0.1) is 0 Å². The minimum atomic E-state index is -4.37. The largest absolute Gasteiger partial charge is 0.489 e. The van der Waals surface area contributed by atoms with Crippen LogP contribution >= 0.6 is 11.6 Å². The molecule has 2 heterocycles. The Hall–Kier alpha value is -3.04. The molecule has 34 heavy (non-hydrogen) atoms. The minimum absolute atomic E-state index is 0.119. The van der Waals surface area contributed by atoms with E-state index in [1.165, 1.54) is 12.1 Å². The highest BCUT2D eigenvalue weighted by Gasteiger charge is 2.31. The molecule has 180 valence electrons. The van der Waals surface area contributed by atoms with Gasteiger partial charge in [0.1, 0.15) is 18.1 Å². The number of ether oxygens (including phenoxy) is 1. The number of aromatic nitrogens is 1. The van der Waals surface area contributed by atoms with Gasteiger partial charge in [-0.25, -0.2) is 0 Å². The number of hydrogen-bond donors (Lipinski definition) is 0. The van der Waals surface area contributed by atoms with Crippen LogP contribution in [0.25, 0.3) is 0 Å². The molecule has 1 aromatic heterocycles. The fraction of sp³-hybridized carbons (Fsp3) is 0.333. The van der Waals surface area contributed by atoms with Crippen molar-refractivity contribution >= 4 is 17.5 Å². The average molecular weight is 494 g/mol. The van der Waals surface area contributed by atoms with Gasteiger partial charge < -0.3 is 14.2 Å². The molecule has 2 aromatic carbocycles. The summed E-state index contributed by atoms with van der Waals surface area (Å²) in [5, 5.41) is 4.54. The lowest BCUT2D eigenvalue weighted by atomic mass is 10.1. The smallest absolute Gasteiger partial charge is 0.416 e. The van der Waals surface area contributed by atoms with E-state index in [1.54, 1.807) is 42.2 Å². The first kappa shape index (κ1) is 24.1. The summed E-state index contributed by atoms with van der Waals surface area (Å²) in [5.74, 6) is 0.845. The Balaban J connectivity index is 1.35. The van der Waals surface area contributed by atoms with E-state index < -0.39 is 11.7 Å². The number of piperazine rings is 1. The maximum Gasteiger partial charge on any atom is 0.416 e. The van der Waals surface area contributed by atoms with Crippen LogP contribution in [0, 0.1) is 6.92 Å². The van der Waals surface area contributed by atoms with Crippen LogP contribution in [-0.2, 0) is 19.3 Å². The number of rotatable bonds is 6. The number of benzene rings is 2. The molecule has 0 atom stereocenters. The van der Waals surface area contributed by atoms with E-state index in [4.69, 9.17) is 20.9 Å². The molecule has 0 spiro atoms. The summed E-state index contributed by atoms with van der Waals surface area (Å²) in [6.07, 6.45) is -4.37. The highest BCUT2D eigenvalue weighted by molar-refractivity contribution is 6.30. The van der Waals surface area contributed by atoms with Crippen LogP contribution < -0.4 is 4.74 Å². The van der Waals surface area contributed by atoms with Crippen LogP contribution in [0.1, 0.15) is 32.9 Å². The minimum Gasteiger partial charge on any atom is -0.489 e. The molecule has 0 radical (unpaired) electrons. The van der Waals surface area contributed by atoms with Crippen molar-refractivity contribution in [3.8, 4) is 5.75 Å². The molecule has 0 bridgehead atoms. The molecule has 1 aliphatic heterocycles. The molecule has 0 unspecified atom stereocenters. The monoisotopic (exact) mass is 493 g/mol. The van der Waals surface area contributed by atoms with Gasteiger partial charge >= 0.3 is 6.18 Å². The third-order valence-electron chi connectivity index (χ3n) is 5.70. The maximum atomic E-state index is 13.1. The van der Waals surface area contributed by atoms with Crippen molar-refractivity contribution in [3.05, 3.63) is 81.7 Å². The van der Waals surface area contributed by atoms with E-state index in [0.29, 0.717) is 60.4 Å². The zero-order valence-electron chi connectivity index (χ0n) is 18.4. The Bertz CT molecular complexity index is 1140. The molecule has 1 amide bonds. The molecule has 0 aliphatic carbocycles. The second-order valence-corrected chi connectivity index (χ2v) is 8.51. The topological polar surface area (TPSA) is 58.8 Å². The predicted molar refractivity (Wildman–Crippen MR) is 120 cm³/mol. The summed E-state index contributed by atoms with van der Waals surface area (Å²) in [7, 11) is 0. The fourth-order valence-electron chi connectivity index (χ4n) is 3.78. The van der Waals surface area contributed by atoms with Crippen molar-refractivity contribution in [1.29, 1.82) is 0 Å². The second-order valence-electron chi connectivity index (χ2n) is 8.08. The van der Waals surface area contributed by atoms with Gasteiger partial charge in [-0.05, 0) is 42.8 Å². The number of aryl methyl sites for hydroxylation is 1. The van der Waals surface area contributed by atoms with Crippen LogP contribution in [0.4, 0.5) is 13.2 Å². The van der Waals surface area contributed by atoms with Crippen LogP contribution in [0.2, 0.25) is 5.02 Å². The lowest BCUT2D eigenvalue weighted by molar-refractivity contribution is -0.137. The standard InChI is InChI=1S/C24H23ClF3N3O3/c1-16-21(15-33-20-7-5-19(25)6-8-20)22(29-34-16)23(32)31-11-9-30(10-12-31)14-17-3-2-4-18(13-17)24(26,27)28/h2-8,13H,9-12,14-15H2,1H3. The number of halogens is 4. The summed E-state index contributed by atoms with van der Waals surface area (Å²) >= 11 is 5.89. The summed E-state index contributed by atoms with van der Waals surface area (Å²) < 4.78 is 49.9. The molecule has 1 aliphatic rings. The fourth-order valence-corrected chi connectivity index (χ4v) is 3.90. The van der Waals surface area contributed by atoms with Crippen molar-refractivity contribution in [2.75, 3.05) is 26.2 Å². The molecule has 6 nitrogen and oxygen atoms in total. The van der Waals surface area contributed by atoms with E-state index in [0.717, 1.165) is 6.07 Å². The molecule has 1 saturated heterocycles. The lowest BCUT2D eigenvalue weighted by Gasteiger charge is -2.34. The van der Waals surface area contributed by atoms with Crippen molar-refractivity contribution in [2.45, 2.75) is 26.3 Å². The molecule has 1 fully saturated rings. The summed E-state index contributed by atoms with van der Waals surface area (Å²) in [6.45, 7) is 4.16. The third-order valence-corrected chi connectivity index (χ3v) is 5.96. The third kappa shape index (κ3) is 5.71. The van der Waals surface area contributed by atoms with Crippen LogP contribution in [-0.4, -0.2) is 47.0 Å². The molecule has 0 N–H and O–H groups in total. The van der Waals surface area contributed by atoms with Crippen molar-refractivity contribution in [1.82, 2.24) is 15.0 Å². The zero-order chi connectivity index (χ0) is 24.3. The van der Waals surface area contributed by atoms with Gasteiger partial charge in [0, 0.05) is 37.7 Å². The van der Waals surface area contributed by atoms with Gasteiger partial charge in [0.2, 0.25) is 0 Å². The Kier molecular flexibility index (Phi) is 7.13. The molecule has 0 saturated carbocycles. The van der Waals surface area contributed by atoms with E-state index in [2.05, 4.69) is 5.16 Å². The van der Waals surface area contributed by atoms with Gasteiger partial charge in [0.05, 0.1) is 11.1 Å². The van der Waals surface area contributed by atoms with Gasteiger partial charge in [-0.3, -0.25) is 9.69 Å². The number of carbonyl (C=O) groups is 1. The maximum absolute atomic E-state index is 13.1. The Morgan fingerprint density at radius 3 is 2.50 bits per heavy atom. The molecule has 3 aromatic rings. The second kappa shape index (κ2) is 10.1. The number of carbonyl (C=O) groups excluding carboxylic acids is 1. The average Bonchev–Trinajstić information content (AvgIpc) is 3.18. The summed E-state index contributed by atoms with van der Waals surface area (Å²) in [6, 6.07) is 12.2. The van der Waals surface area contributed by atoms with Gasteiger partial charge in [0.15, 0.2) is 5.69 Å². The van der Waals surface area contributed by atoms with Crippen molar-refractivity contribution in [2.24, 2.45) is 0 Å². The SMILES string of the molecule is Cc1onc(C(=O)N2CCN(Cc3cccc(C(F)(F)F)c3)CC2)c1COc1ccc(Cl)cc1. The summed E-state index contributed by atoms with van der Waals surface area (Å²) in [5.41, 5.74) is 0.709. The molecule has 4 rings (SSSR count). The number of hydrogen-bond acceptors (Lipinski definition) is 5. The molecular formula is C24H23ClF3N3O3. The van der Waals surface area contributed by atoms with Crippen molar-refractivity contribution < 1.29 is 27.2 Å². The van der Waals surface area contributed by atoms with E-state index >= 15 is 0 Å². The Morgan fingerprint density at radius 2 is 1.82 bits per heavy atom. The summed E-state index contributed by atoms with van der Waals surface area (Å²) in [4.78, 5) is 16.8. The highest BCUT2D eigenvalue weighted by atomic mass is 35.5. The first-order valence-corrected chi connectivity index (χ1v) is 11.1. The van der Waals surface area contributed by atoms with E-state index in [1.807, 2.05) is 4.90 Å². The van der Waals surface area contributed by atoms with Gasteiger partial charge in [-0.1, -0.05) is 35.0 Å². The highest BCUT2D eigenvalue weighted by Crippen LogP contribution is 2.30. The van der Waals surface area contributed by atoms with Gasteiger partial charge in [-0.2, -0.15) is 13.2 Å². The van der Waals surface area contributed by atoms with E-state index in [-0.39, 0.29) is 18.2 Å². The Labute approximate surface area is 199 Å². The first-order valence-electron chi connectivity index (χ1n) is 10.7. The van der Waals surface area contributed by atoms with Gasteiger partial charge in [0.25, 0.3) is 5.91 Å². The molecular weight excluding hydrogens is 471 g/mol. The lowest BCUT2D eigenvalue weighted by Crippen LogP contribution is -2.48. The number of amides is 1. The zero-order valence-corrected chi connectivity index (χ0v) is 19.2. The molecule has 10 heteroatoms. The normalized spacial score (nSPS) is 14.9. The van der Waals surface area contributed by atoms with Crippen LogP contribution in [0.5, 0.6) is 5.75 Å². The number of alkyl halides is 3. The van der Waals surface area contributed by atoms with Crippen LogP contribution in [0.15, 0.2) is 53.1 Å². The predicted octanol–water partition coefficient (Wildman–Crippen LogP) is 5.19. The number of nitrogens with zero attached hydrogens (tertiary/aromatic N) is 3. The van der Waals surface area contributed by atoms with Crippen molar-refractivity contribution in [3.63, 3.8) is 0 Å². The quantitative estimate of drug-likeness (QED) is 0.473. The van der Waals surface area contributed by atoms with Crippen LogP contribution in [0.3, 0.4) is 0 Å². The first-order chi connectivity index (χ1) is 16.2. The van der Waals surface area contributed by atoms with E-state index in [9.17, 15) is 18.0 Å².